The van der Waals surface area contributed by atoms with Gasteiger partial charge in [-0.25, -0.2) is 0 Å². The van der Waals surface area contributed by atoms with E-state index in [0.717, 1.165) is 41.8 Å². The molecule has 2 atom stereocenters. The summed E-state index contributed by atoms with van der Waals surface area (Å²) >= 11 is 6.30. The summed E-state index contributed by atoms with van der Waals surface area (Å²) in [6.07, 6.45) is 2.55. The molecule has 0 amide bonds. The normalized spacial score (nSPS) is 17.8. The van der Waals surface area contributed by atoms with Crippen molar-refractivity contribution in [3.63, 3.8) is 0 Å². The van der Waals surface area contributed by atoms with Crippen molar-refractivity contribution in [3.8, 4) is 5.75 Å². The van der Waals surface area contributed by atoms with Crippen LogP contribution >= 0.6 is 11.6 Å². The Morgan fingerprint density at radius 3 is 2.48 bits per heavy atom. The van der Waals surface area contributed by atoms with Crippen molar-refractivity contribution in [3.05, 3.63) is 101 Å². The van der Waals surface area contributed by atoms with Gasteiger partial charge in [0.05, 0.1) is 6.04 Å². The van der Waals surface area contributed by atoms with E-state index >= 15 is 0 Å². The summed E-state index contributed by atoms with van der Waals surface area (Å²) in [5.74, 6) is -0.0134. The van der Waals surface area contributed by atoms with Crippen molar-refractivity contribution in [1.29, 1.82) is 0 Å². The van der Waals surface area contributed by atoms with Gasteiger partial charge in [0.25, 0.3) is 0 Å². The molecule has 4 nitrogen and oxygen atoms in total. The summed E-state index contributed by atoms with van der Waals surface area (Å²) in [6.45, 7) is 1.21. The van der Waals surface area contributed by atoms with E-state index in [1.54, 1.807) is 0 Å². The summed E-state index contributed by atoms with van der Waals surface area (Å²) in [4.78, 5) is 14.1. The number of nitrogens with zero attached hydrogens (tertiary/aromatic N) is 1. The highest BCUT2D eigenvalue weighted by atomic mass is 35.5. The Kier molecular flexibility index (Phi) is 6.90. The average molecular weight is 436 g/mol. The fraction of sp³-hybridized carbons (Fsp3) is 0.269. The number of halogens is 1. The Bertz CT molecular complexity index is 1020. The standard InChI is InChI=1S/C26H26ClNO3/c27-22-12-6-10-20(16-22)25(28-15-5-4-14-24(28)26(29)30)21-11-7-13-23(17-21)31-18-19-8-2-1-3-9-19/h1-3,6-13,16-17,24-25H,4-5,14-15,18H2,(H,29,30). The predicted octanol–water partition coefficient (Wildman–Crippen LogP) is 5.95. The van der Waals surface area contributed by atoms with Gasteiger partial charge in [-0.2, -0.15) is 0 Å². The van der Waals surface area contributed by atoms with Crippen LogP contribution in [0.4, 0.5) is 0 Å². The van der Waals surface area contributed by atoms with Crippen LogP contribution in [0.5, 0.6) is 5.75 Å². The molecule has 1 aliphatic heterocycles. The Hall–Kier alpha value is -2.82. The van der Waals surface area contributed by atoms with E-state index in [2.05, 4.69) is 4.90 Å². The lowest BCUT2D eigenvalue weighted by atomic mass is 9.91. The topological polar surface area (TPSA) is 49.8 Å². The van der Waals surface area contributed by atoms with E-state index in [0.29, 0.717) is 18.1 Å². The Labute approximate surface area is 188 Å². The van der Waals surface area contributed by atoms with Crippen molar-refractivity contribution in [2.45, 2.75) is 38.0 Å². The Morgan fingerprint density at radius 1 is 1.00 bits per heavy atom. The van der Waals surface area contributed by atoms with Gasteiger partial charge in [-0.1, -0.05) is 72.6 Å². The second-order valence-corrected chi connectivity index (χ2v) is 8.33. The van der Waals surface area contributed by atoms with Gasteiger partial charge >= 0.3 is 5.97 Å². The summed E-state index contributed by atoms with van der Waals surface area (Å²) in [5, 5.41) is 10.5. The monoisotopic (exact) mass is 435 g/mol. The minimum absolute atomic E-state index is 0.208. The molecule has 5 heteroatoms. The summed E-state index contributed by atoms with van der Waals surface area (Å²) < 4.78 is 6.04. The third kappa shape index (κ3) is 5.27. The molecule has 4 rings (SSSR count). The van der Waals surface area contributed by atoms with Crippen molar-refractivity contribution < 1.29 is 14.6 Å². The van der Waals surface area contributed by atoms with E-state index < -0.39 is 12.0 Å². The zero-order chi connectivity index (χ0) is 21.6. The van der Waals surface area contributed by atoms with Gasteiger partial charge in [-0.3, -0.25) is 9.69 Å². The summed E-state index contributed by atoms with van der Waals surface area (Å²) in [7, 11) is 0. The van der Waals surface area contributed by atoms with Crippen molar-refractivity contribution in [2.24, 2.45) is 0 Å². The summed E-state index contributed by atoms with van der Waals surface area (Å²) in [5.41, 5.74) is 3.09. The van der Waals surface area contributed by atoms with Crippen LogP contribution in [0.2, 0.25) is 5.02 Å². The first-order valence-corrected chi connectivity index (χ1v) is 11.0. The second kappa shape index (κ2) is 9.99. The minimum atomic E-state index is -0.775. The van der Waals surface area contributed by atoms with Crippen molar-refractivity contribution in [1.82, 2.24) is 4.90 Å². The maximum atomic E-state index is 12.0. The molecule has 1 N–H and O–H groups in total. The summed E-state index contributed by atoms with van der Waals surface area (Å²) in [6, 6.07) is 25.0. The van der Waals surface area contributed by atoms with Gasteiger partial charge in [0.2, 0.25) is 0 Å². The predicted molar refractivity (Wildman–Crippen MR) is 122 cm³/mol. The van der Waals surface area contributed by atoms with E-state index in [4.69, 9.17) is 16.3 Å². The third-order valence-corrected chi connectivity index (χ3v) is 5.98. The molecule has 1 aliphatic rings. The molecular formula is C26H26ClNO3. The van der Waals surface area contributed by atoms with Gasteiger partial charge in [0.15, 0.2) is 0 Å². The van der Waals surface area contributed by atoms with E-state index in [-0.39, 0.29) is 6.04 Å². The SMILES string of the molecule is O=C(O)C1CCCCN1C(c1cccc(Cl)c1)c1cccc(OCc2ccccc2)c1. The quantitative estimate of drug-likeness (QED) is 0.498. The fourth-order valence-electron chi connectivity index (χ4n) is 4.30. The zero-order valence-corrected chi connectivity index (χ0v) is 18.0. The van der Waals surface area contributed by atoms with E-state index in [1.807, 2.05) is 78.9 Å². The third-order valence-electron chi connectivity index (χ3n) is 5.75. The first-order valence-electron chi connectivity index (χ1n) is 10.6. The van der Waals surface area contributed by atoms with E-state index in [9.17, 15) is 9.90 Å². The smallest absolute Gasteiger partial charge is 0.320 e. The molecule has 31 heavy (non-hydrogen) atoms. The second-order valence-electron chi connectivity index (χ2n) is 7.89. The van der Waals surface area contributed by atoms with Crippen LogP contribution < -0.4 is 4.74 Å². The maximum Gasteiger partial charge on any atom is 0.320 e. The number of carboxylic acid groups (broad SMARTS) is 1. The number of rotatable bonds is 7. The van der Waals surface area contributed by atoms with Crippen LogP contribution in [0.25, 0.3) is 0 Å². The minimum Gasteiger partial charge on any atom is -0.489 e. The lowest BCUT2D eigenvalue weighted by molar-refractivity contribution is -0.145. The number of carbonyl (C=O) groups is 1. The maximum absolute atomic E-state index is 12.0. The molecule has 3 aromatic rings. The molecule has 160 valence electrons. The fourth-order valence-corrected chi connectivity index (χ4v) is 4.49. The van der Waals surface area contributed by atoms with Gasteiger partial charge in [-0.15, -0.1) is 0 Å². The van der Waals surface area contributed by atoms with Crippen LogP contribution in [-0.4, -0.2) is 28.6 Å². The molecule has 0 aliphatic carbocycles. The molecule has 3 aromatic carbocycles. The molecule has 1 saturated heterocycles. The molecule has 2 unspecified atom stereocenters. The van der Waals surface area contributed by atoms with Gasteiger partial charge < -0.3 is 9.84 Å². The molecule has 0 saturated carbocycles. The Morgan fingerprint density at radius 2 is 1.74 bits per heavy atom. The highest BCUT2D eigenvalue weighted by molar-refractivity contribution is 6.30. The number of aliphatic carboxylic acids is 1. The molecule has 0 radical (unpaired) electrons. The number of carboxylic acids is 1. The van der Waals surface area contributed by atoms with Crippen LogP contribution in [0, 0.1) is 0 Å². The number of benzene rings is 3. The van der Waals surface area contributed by atoms with E-state index in [1.165, 1.54) is 0 Å². The number of hydrogen-bond acceptors (Lipinski definition) is 3. The number of hydrogen-bond donors (Lipinski definition) is 1. The highest BCUT2D eigenvalue weighted by Crippen LogP contribution is 2.36. The number of piperidine rings is 1. The molecule has 0 aromatic heterocycles. The van der Waals surface area contributed by atoms with Crippen LogP contribution in [0.15, 0.2) is 78.9 Å². The average Bonchev–Trinajstić information content (AvgIpc) is 2.79. The largest absolute Gasteiger partial charge is 0.489 e. The van der Waals surface area contributed by atoms with Crippen LogP contribution in [-0.2, 0) is 11.4 Å². The van der Waals surface area contributed by atoms with Crippen LogP contribution in [0.1, 0.15) is 42.0 Å². The van der Waals surface area contributed by atoms with Crippen LogP contribution in [0.3, 0.4) is 0 Å². The molecule has 1 heterocycles. The molecule has 0 bridgehead atoms. The van der Waals surface area contributed by atoms with Crippen molar-refractivity contribution in [2.75, 3.05) is 6.54 Å². The van der Waals surface area contributed by atoms with Crippen molar-refractivity contribution >= 4 is 17.6 Å². The first-order chi connectivity index (χ1) is 15.1. The van der Waals surface area contributed by atoms with Gasteiger partial charge in [0, 0.05) is 5.02 Å². The molecule has 0 spiro atoms. The first kappa shape index (κ1) is 21.4. The number of likely N-dealkylation sites (tertiary alicyclic amines) is 1. The van der Waals surface area contributed by atoms with Gasteiger partial charge in [-0.05, 0) is 60.3 Å². The van der Waals surface area contributed by atoms with Gasteiger partial charge in [0.1, 0.15) is 18.4 Å². The molecular weight excluding hydrogens is 410 g/mol. The zero-order valence-electron chi connectivity index (χ0n) is 17.3. The Balaban J connectivity index is 1.67. The lowest BCUT2D eigenvalue weighted by Crippen LogP contribution is -2.46. The number of ether oxygens (including phenoxy) is 1. The highest BCUT2D eigenvalue weighted by Gasteiger charge is 2.35. The lowest BCUT2D eigenvalue weighted by Gasteiger charge is -2.39. The molecule has 1 fully saturated rings.